The third kappa shape index (κ3) is 2.99. The van der Waals surface area contributed by atoms with Gasteiger partial charge in [-0.15, -0.1) is 0 Å². The first-order valence-corrected chi connectivity index (χ1v) is 9.13. The van der Waals surface area contributed by atoms with Crippen LogP contribution in [0.25, 0.3) is 0 Å². The molecule has 0 unspecified atom stereocenters. The second-order valence-corrected chi connectivity index (χ2v) is 8.17. The summed E-state index contributed by atoms with van der Waals surface area (Å²) >= 11 is 0. The zero-order valence-electron chi connectivity index (χ0n) is 11.8. The van der Waals surface area contributed by atoms with Crippen molar-refractivity contribution in [3.63, 3.8) is 0 Å². The summed E-state index contributed by atoms with van der Waals surface area (Å²) in [6.07, 6.45) is 3.87. The summed E-state index contributed by atoms with van der Waals surface area (Å²) < 4.78 is 28.6. The smallest absolute Gasteiger partial charge is 0.150 e. The predicted molar refractivity (Wildman–Crippen MR) is 78.8 cm³/mol. The number of piperidine rings is 1. The molecular weight excluding hydrogens is 274 g/mol. The number of likely N-dealkylation sites (tertiary alicyclic amines) is 1. The second-order valence-electron chi connectivity index (χ2n) is 5.85. The van der Waals surface area contributed by atoms with Crippen LogP contribution in [0.4, 0.5) is 0 Å². The summed E-state index contributed by atoms with van der Waals surface area (Å²) in [6, 6.07) is 6.40. The lowest BCUT2D eigenvalue weighted by Gasteiger charge is -2.31. The Kier molecular flexibility index (Phi) is 3.73. The molecule has 4 nitrogen and oxygen atoms in total. The molecule has 1 aromatic carbocycles. The topological polar surface area (TPSA) is 46.6 Å². The summed E-state index contributed by atoms with van der Waals surface area (Å²) in [5.41, 5.74) is 2.60. The van der Waals surface area contributed by atoms with E-state index in [0.29, 0.717) is 0 Å². The van der Waals surface area contributed by atoms with E-state index in [1.54, 1.807) is 0 Å². The Morgan fingerprint density at radius 1 is 1.30 bits per heavy atom. The molecule has 20 heavy (non-hydrogen) atoms. The number of nitrogens with zero attached hydrogens (tertiary/aromatic N) is 1. The van der Waals surface area contributed by atoms with Gasteiger partial charge in [-0.05, 0) is 43.1 Å². The highest BCUT2D eigenvalue weighted by Crippen LogP contribution is 2.27. The van der Waals surface area contributed by atoms with E-state index in [9.17, 15) is 8.42 Å². The summed E-state index contributed by atoms with van der Waals surface area (Å²) in [7, 11) is -2.87. The van der Waals surface area contributed by atoms with Crippen molar-refractivity contribution in [1.82, 2.24) is 4.90 Å². The molecule has 2 aliphatic heterocycles. The maximum atomic E-state index is 11.5. The van der Waals surface area contributed by atoms with Crippen LogP contribution >= 0.6 is 0 Å². The number of hydrogen-bond acceptors (Lipinski definition) is 4. The number of sulfone groups is 1. The molecule has 0 aromatic heterocycles. The minimum Gasteiger partial charge on any atom is -0.493 e. The van der Waals surface area contributed by atoms with E-state index in [-0.39, 0.29) is 5.25 Å². The predicted octanol–water partition coefficient (Wildman–Crippen LogP) is 1.63. The monoisotopic (exact) mass is 295 g/mol. The summed E-state index contributed by atoms with van der Waals surface area (Å²) in [5, 5.41) is -0.146. The van der Waals surface area contributed by atoms with Gasteiger partial charge >= 0.3 is 0 Å². The van der Waals surface area contributed by atoms with Crippen LogP contribution in [0.15, 0.2) is 18.2 Å². The molecule has 0 N–H and O–H groups in total. The van der Waals surface area contributed by atoms with Crippen LogP contribution in [-0.4, -0.2) is 44.5 Å². The standard InChI is InChI=1S/C15H21NO3S/c1-20(17,18)14-4-7-16(8-5-14)11-12-2-3-15-13(10-12)6-9-19-15/h2-3,10,14H,4-9,11H2,1H3. The molecule has 0 atom stereocenters. The van der Waals surface area contributed by atoms with Gasteiger partial charge < -0.3 is 4.74 Å². The Hall–Kier alpha value is -1.07. The molecule has 0 aliphatic carbocycles. The van der Waals surface area contributed by atoms with Crippen molar-refractivity contribution in [3.8, 4) is 5.75 Å². The van der Waals surface area contributed by atoms with Crippen LogP contribution < -0.4 is 4.74 Å². The summed E-state index contributed by atoms with van der Waals surface area (Å²) in [4.78, 5) is 2.35. The van der Waals surface area contributed by atoms with Crippen LogP contribution in [0.1, 0.15) is 24.0 Å². The van der Waals surface area contributed by atoms with Crippen LogP contribution in [-0.2, 0) is 22.8 Å². The molecule has 0 bridgehead atoms. The van der Waals surface area contributed by atoms with Crippen molar-refractivity contribution in [2.45, 2.75) is 31.1 Å². The van der Waals surface area contributed by atoms with Crippen LogP contribution in [0.3, 0.4) is 0 Å². The Balaban J connectivity index is 1.60. The number of fused-ring (bicyclic) bond motifs is 1. The SMILES string of the molecule is CS(=O)(=O)C1CCN(Cc2ccc3c(c2)CCO3)CC1. The molecule has 1 aromatic rings. The largest absolute Gasteiger partial charge is 0.493 e. The summed E-state index contributed by atoms with van der Waals surface area (Å²) in [5.74, 6) is 1.02. The highest BCUT2D eigenvalue weighted by atomic mass is 32.2. The van der Waals surface area contributed by atoms with Crippen molar-refractivity contribution in [3.05, 3.63) is 29.3 Å². The second kappa shape index (κ2) is 5.37. The van der Waals surface area contributed by atoms with Crippen molar-refractivity contribution in [2.75, 3.05) is 26.0 Å². The van der Waals surface area contributed by atoms with Gasteiger partial charge in [-0.25, -0.2) is 8.42 Å². The van der Waals surface area contributed by atoms with Crippen molar-refractivity contribution >= 4 is 9.84 Å². The lowest BCUT2D eigenvalue weighted by Crippen LogP contribution is -2.38. The third-order valence-electron chi connectivity index (χ3n) is 4.30. The van der Waals surface area contributed by atoms with Gasteiger partial charge in [0.15, 0.2) is 0 Å². The number of ether oxygens (including phenoxy) is 1. The molecule has 0 amide bonds. The molecule has 2 heterocycles. The highest BCUT2D eigenvalue weighted by molar-refractivity contribution is 7.91. The molecule has 0 spiro atoms. The first-order valence-electron chi connectivity index (χ1n) is 7.18. The van der Waals surface area contributed by atoms with Crippen LogP contribution in [0.2, 0.25) is 0 Å². The molecule has 110 valence electrons. The lowest BCUT2D eigenvalue weighted by molar-refractivity contribution is 0.222. The minimum atomic E-state index is -2.87. The molecule has 0 saturated carbocycles. The molecule has 0 radical (unpaired) electrons. The summed E-state index contributed by atoms with van der Waals surface area (Å²) in [6.45, 7) is 3.43. The molecule has 1 saturated heterocycles. The Bertz CT molecular complexity index is 589. The van der Waals surface area contributed by atoms with Gasteiger partial charge in [-0.2, -0.15) is 0 Å². The quantitative estimate of drug-likeness (QED) is 0.850. The first-order chi connectivity index (χ1) is 9.52. The van der Waals surface area contributed by atoms with Crippen LogP contribution in [0, 0.1) is 0 Å². The van der Waals surface area contributed by atoms with Gasteiger partial charge in [0.1, 0.15) is 15.6 Å². The van der Waals surface area contributed by atoms with Gasteiger partial charge in [0.2, 0.25) is 0 Å². The Morgan fingerprint density at radius 2 is 2.05 bits per heavy atom. The molecule has 3 rings (SSSR count). The normalized spacial score (nSPS) is 20.6. The molecule has 1 fully saturated rings. The number of rotatable bonds is 3. The fraction of sp³-hybridized carbons (Fsp3) is 0.600. The van der Waals surface area contributed by atoms with Crippen molar-refractivity contribution in [1.29, 1.82) is 0 Å². The van der Waals surface area contributed by atoms with Crippen molar-refractivity contribution in [2.24, 2.45) is 0 Å². The van der Waals surface area contributed by atoms with E-state index >= 15 is 0 Å². The Labute approximate surface area is 120 Å². The van der Waals surface area contributed by atoms with Crippen molar-refractivity contribution < 1.29 is 13.2 Å². The first kappa shape index (κ1) is 13.9. The van der Waals surface area contributed by atoms with Gasteiger partial charge in [0.05, 0.1) is 11.9 Å². The number of hydrogen-bond donors (Lipinski definition) is 0. The fourth-order valence-electron chi connectivity index (χ4n) is 3.09. The van der Waals surface area contributed by atoms with E-state index in [0.717, 1.165) is 51.3 Å². The van der Waals surface area contributed by atoms with E-state index in [4.69, 9.17) is 4.74 Å². The zero-order valence-corrected chi connectivity index (χ0v) is 12.7. The molecule has 5 heteroatoms. The zero-order chi connectivity index (χ0) is 14.2. The van der Waals surface area contributed by atoms with Gasteiger partial charge in [0, 0.05) is 19.2 Å². The average molecular weight is 295 g/mol. The van der Waals surface area contributed by atoms with E-state index < -0.39 is 9.84 Å². The van der Waals surface area contributed by atoms with Gasteiger partial charge in [-0.1, -0.05) is 12.1 Å². The van der Waals surface area contributed by atoms with Gasteiger partial charge in [0.25, 0.3) is 0 Å². The minimum absolute atomic E-state index is 0.146. The van der Waals surface area contributed by atoms with E-state index in [1.165, 1.54) is 17.4 Å². The average Bonchev–Trinajstić information content (AvgIpc) is 2.86. The Morgan fingerprint density at radius 3 is 2.75 bits per heavy atom. The molecular formula is C15H21NO3S. The maximum Gasteiger partial charge on any atom is 0.150 e. The lowest BCUT2D eigenvalue weighted by atomic mass is 10.1. The molecule has 2 aliphatic rings. The maximum absolute atomic E-state index is 11.5. The fourth-order valence-corrected chi connectivity index (χ4v) is 4.16. The van der Waals surface area contributed by atoms with Crippen LogP contribution in [0.5, 0.6) is 5.75 Å². The highest BCUT2D eigenvalue weighted by Gasteiger charge is 2.26. The van der Waals surface area contributed by atoms with Gasteiger partial charge in [-0.3, -0.25) is 4.90 Å². The third-order valence-corrected chi connectivity index (χ3v) is 5.98. The van der Waals surface area contributed by atoms with E-state index in [1.807, 2.05) is 0 Å². The number of benzene rings is 1. The van der Waals surface area contributed by atoms with E-state index in [2.05, 4.69) is 23.1 Å².